The van der Waals surface area contributed by atoms with Crippen molar-refractivity contribution >= 4 is 40.7 Å². The van der Waals surface area contributed by atoms with E-state index in [-0.39, 0.29) is 0 Å². The molecule has 5 rings (SSSR count). The number of hydrogen-bond acceptors (Lipinski definition) is 3. The summed E-state index contributed by atoms with van der Waals surface area (Å²) in [5.74, 6) is 0.638. The second-order valence-electron chi connectivity index (χ2n) is 11.0. The quantitative estimate of drug-likeness (QED) is 0.195. The van der Waals surface area contributed by atoms with E-state index in [4.69, 9.17) is 4.98 Å². The largest absolute Gasteiger partial charge is 0.338 e. The number of rotatable bonds is 8. The summed E-state index contributed by atoms with van der Waals surface area (Å²) >= 11 is 0. The molecule has 42 heavy (non-hydrogen) atoms. The van der Waals surface area contributed by atoms with Crippen molar-refractivity contribution in [1.82, 2.24) is 9.97 Å². The number of carbonyl (C=O) groups excluding carboxylic acids is 2. The number of imide groups is 1. The number of H-pyrrole nitrogens is 1. The third-order valence-corrected chi connectivity index (χ3v) is 7.25. The maximum Gasteiger partial charge on any atom is 0.258 e. The van der Waals surface area contributed by atoms with E-state index in [0.717, 1.165) is 27.7 Å². The Kier molecular flexibility index (Phi) is 8.58. The summed E-state index contributed by atoms with van der Waals surface area (Å²) in [6.45, 7) is 8.57. The second-order valence-corrected chi connectivity index (χ2v) is 11.0. The van der Waals surface area contributed by atoms with Crippen molar-refractivity contribution in [3.8, 4) is 11.4 Å². The second kappa shape index (κ2) is 12.6. The van der Waals surface area contributed by atoms with Crippen LogP contribution in [0.25, 0.3) is 34.6 Å². The van der Waals surface area contributed by atoms with E-state index in [1.807, 2.05) is 66.7 Å². The molecule has 0 aliphatic rings. The number of aromatic nitrogens is 2. The average molecular weight is 554 g/mol. The Balaban J connectivity index is 1.46. The molecule has 4 aromatic carbocycles. The molecule has 5 nitrogen and oxygen atoms in total. The van der Waals surface area contributed by atoms with Gasteiger partial charge < -0.3 is 4.98 Å². The molecule has 0 unspecified atom stereocenters. The maximum atomic E-state index is 13.6. The highest BCUT2D eigenvalue weighted by Crippen LogP contribution is 2.26. The van der Waals surface area contributed by atoms with Crippen LogP contribution in [0.15, 0.2) is 109 Å². The van der Waals surface area contributed by atoms with E-state index in [2.05, 4.69) is 56.9 Å². The number of benzene rings is 4. The molecule has 0 aliphatic carbocycles. The van der Waals surface area contributed by atoms with E-state index in [0.29, 0.717) is 23.3 Å². The molecule has 210 valence electrons. The molecule has 0 aliphatic heterocycles. The smallest absolute Gasteiger partial charge is 0.258 e. The van der Waals surface area contributed by atoms with Crippen LogP contribution in [0.5, 0.6) is 0 Å². The van der Waals surface area contributed by atoms with Crippen LogP contribution in [-0.4, -0.2) is 21.8 Å². The van der Waals surface area contributed by atoms with E-state index in [9.17, 15) is 9.59 Å². The molecule has 5 heteroatoms. The molecule has 0 saturated heterocycles. The van der Waals surface area contributed by atoms with Crippen molar-refractivity contribution in [3.05, 3.63) is 131 Å². The van der Waals surface area contributed by atoms with Crippen molar-refractivity contribution in [2.24, 2.45) is 0 Å². The lowest BCUT2D eigenvalue weighted by Gasteiger charge is -2.18. The number of anilines is 1. The van der Waals surface area contributed by atoms with Crippen LogP contribution in [0.4, 0.5) is 5.69 Å². The number of hydrogen-bond donors (Lipinski definition) is 1. The highest BCUT2D eigenvalue weighted by molar-refractivity contribution is 6.23. The molecule has 0 spiro atoms. The Morgan fingerprint density at radius 1 is 0.690 bits per heavy atom. The number of nitrogens with zero attached hydrogens (tertiary/aromatic N) is 2. The fourth-order valence-electron chi connectivity index (χ4n) is 4.71. The summed E-state index contributed by atoms with van der Waals surface area (Å²) < 4.78 is 0. The Hall–Kier alpha value is -5.03. The molecular formula is C37H35N3O2. The Morgan fingerprint density at radius 3 is 1.76 bits per heavy atom. The van der Waals surface area contributed by atoms with Crippen molar-refractivity contribution in [2.45, 2.75) is 39.5 Å². The molecule has 1 aromatic heterocycles. The van der Waals surface area contributed by atoms with Crippen LogP contribution in [0.2, 0.25) is 0 Å². The lowest BCUT2D eigenvalue weighted by molar-refractivity contribution is -0.121. The molecule has 0 saturated carbocycles. The fourth-order valence-corrected chi connectivity index (χ4v) is 4.71. The molecule has 1 N–H and O–H groups in total. The van der Waals surface area contributed by atoms with Gasteiger partial charge >= 0.3 is 0 Å². The highest BCUT2D eigenvalue weighted by atomic mass is 16.2. The Bertz CT molecular complexity index is 1650. The first kappa shape index (κ1) is 28.5. The van der Waals surface area contributed by atoms with E-state index < -0.39 is 11.8 Å². The first-order chi connectivity index (χ1) is 20.3. The van der Waals surface area contributed by atoms with Crippen LogP contribution in [0.3, 0.4) is 0 Å². The van der Waals surface area contributed by atoms with Gasteiger partial charge in [-0.2, -0.15) is 0 Å². The zero-order valence-corrected chi connectivity index (χ0v) is 24.4. The summed E-state index contributed by atoms with van der Waals surface area (Å²) in [5, 5.41) is 0. The number of aromatic amines is 1. The van der Waals surface area contributed by atoms with Gasteiger partial charge in [0.1, 0.15) is 5.82 Å². The topological polar surface area (TPSA) is 66.1 Å². The number of imidazole rings is 1. The molecule has 0 atom stereocenters. The first-order valence-corrected chi connectivity index (χ1v) is 14.3. The monoisotopic (exact) mass is 553 g/mol. The lowest BCUT2D eigenvalue weighted by Crippen LogP contribution is -2.34. The zero-order valence-electron chi connectivity index (χ0n) is 24.4. The van der Waals surface area contributed by atoms with Gasteiger partial charge in [-0.05, 0) is 70.5 Å². The summed E-state index contributed by atoms with van der Waals surface area (Å²) in [4.78, 5) is 36.4. The summed E-state index contributed by atoms with van der Waals surface area (Å²) in [5.41, 5.74) is 7.22. The van der Waals surface area contributed by atoms with E-state index in [1.165, 1.54) is 28.2 Å². The van der Waals surface area contributed by atoms with Gasteiger partial charge in [0, 0.05) is 17.7 Å². The van der Waals surface area contributed by atoms with Crippen LogP contribution in [0, 0.1) is 0 Å². The zero-order chi connectivity index (χ0) is 29.6. The third kappa shape index (κ3) is 6.64. The molecule has 5 aromatic rings. The number of nitrogens with one attached hydrogen (secondary N) is 1. The number of carbonyl (C=O) groups is 2. The minimum atomic E-state index is -0.436. The first-order valence-electron chi connectivity index (χ1n) is 14.3. The molecule has 0 bridgehead atoms. The predicted octanol–water partition coefficient (Wildman–Crippen LogP) is 8.76. The minimum absolute atomic E-state index is 0.421. The third-order valence-electron chi connectivity index (χ3n) is 7.25. The minimum Gasteiger partial charge on any atom is -0.338 e. The van der Waals surface area contributed by atoms with Gasteiger partial charge in [-0.15, -0.1) is 0 Å². The maximum absolute atomic E-state index is 13.6. The average Bonchev–Trinajstić information content (AvgIpc) is 3.44. The predicted molar refractivity (Wildman–Crippen MR) is 173 cm³/mol. The van der Waals surface area contributed by atoms with Crippen molar-refractivity contribution < 1.29 is 9.59 Å². The number of fused-ring (bicyclic) bond motifs is 1. The van der Waals surface area contributed by atoms with Gasteiger partial charge in [0.15, 0.2) is 0 Å². The lowest BCUT2D eigenvalue weighted by atomic mass is 10.0. The Morgan fingerprint density at radius 2 is 1.24 bits per heavy atom. The number of para-hydroxylation sites is 2. The summed E-state index contributed by atoms with van der Waals surface area (Å²) in [7, 11) is 0. The van der Waals surface area contributed by atoms with Crippen molar-refractivity contribution in [2.75, 3.05) is 4.90 Å². The van der Waals surface area contributed by atoms with E-state index >= 15 is 0 Å². The van der Waals surface area contributed by atoms with Gasteiger partial charge in [0.2, 0.25) is 0 Å². The number of amides is 2. The normalized spacial score (nSPS) is 11.8. The van der Waals surface area contributed by atoms with Crippen LogP contribution in [0.1, 0.15) is 61.8 Å². The molecule has 0 radical (unpaired) electrons. The molecular weight excluding hydrogens is 518 g/mol. The van der Waals surface area contributed by atoms with Gasteiger partial charge in [0.25, 0.3) is 11.8 Å². The van der Waals surface area contributed by atoms with Crippen molar-refractivity contribution in [3.63, 3.8) is 0 Å². The van der Waals surface area contributed by atoms with Gasteiger partial charge in [-0.25, -0.2) is 9.88 Å². The Labute approximate surface area is 247 Å². The van der Waals surface area contributed by atoms with Crippen LogP contribution < -0.4 is 4.90 Å². The molecule has 2 amide bonds. The summed E-state index contributed by atoms with van der Waals surface area (Å²) in [6, 6.07) is 31.3. The van der Waals surface area contributed by atoms with E-state index in [1.54, 1.807) is 18.2 Å². The highest BCUT2D eigenvalue weighted by Gasteiger charge is 2.21. The SMILES string of the molecule is CC(C)c1ccc(/C=C/C(=O)N(C(=O)/C=C/c2ccc(C(C)C)cc2)c2cccc(-c3nc4ccccc4[nH]3)c2)cc1. The van der Waals surface area contributed by atoms with Gasteiger partial charge in [-0.1, -0.05) is 100 Å². The van der Waals surface area contributed by atoms with Gasteiger partial charge in [-0.3, -0.25) is 9.59 Å². The van der Waals surface area contributed by atoms with Crippen LogP contribution in [-0.2, 0) is 9.59 Å². The van der Waals surface area contributed by atoms with Crippen LogP contribution >= 0.6 is 0 Å². The summed E-state index contributed by atoms with van der Waals surface area (Å²) in [6.07, 6.45) is 6.37. The standard InChI is InChI=1S/C37H35N3O2/c1-25(2)29-18-12-27(13-19-29)16-22-35(41)40(36(42)23-17-28-14-20-30(21-15-28)26(3)4)32-9-7-8-31(24-32)37-38-33-10-5-6-11-34(33)39-37/h5-26H,1-4H3,(H,38,39)/b22-16+,23-17+. The molecule has 0 fully saturated rings. The van der Waals surface area contributed by atoms with Crippen molar-refractivity contribution in [1.29, 1.82) is 0 Å². The fraction of sp³-hybridized carbons (Fsp3) is 0.162. The van der Waals surface area contributed by atoms with Gasteiger partial charge in [0.05, 0.1) is 16.7 Å². The molecule has 1 heterocycles.